The average Bonchev–Trinajstić information content (AvgIpc) is 2.84. The summed E-state index contributed by atoms with van der Waals surface area (Å²) in [6, 6.07) is 16.5. The highest BCUT2D eigenvalue weighted by Crippen LogP contribution is 2.40. The first-order valence-corrected chi connectivity index (χ1v) is 11.0. The van der Waals surface area contributed by atoms with Gasteiger partial charge < -0.3 is 15.1 Å². The summed E-state index contributed by atoms with van der Waals surface area (Å²) < 4.78 is 40.1. The highest BCUT2D eigenvalue weighted by Gasteiger charge is 2.36. The normalized spacial score (nSPS) is 11.4. The van der Waals surface area contributed by atoms with Crippen LogP contribution in [0.1, 0.15) is 27.0 Å². The maximum Gasteiger partial charge on any atom is 0.419 e. The number of benzene rings is 3. The quantitative estimate of drug-likeness (QED) is 0.302. The van der Waals surface area contributed by atoms with Gasteiger partial charge in [0.2, 0.25) is 5.28 Å². The fourth-order valence-corrected chi connectivity index (χ4v) is 3.81. The molecule has 184 valence electrons. The van der Waals surface area contributed by atoms with Crippen molar-refractivity contribution in [2.75, 3.05) is 4.90 Å². The molecule has 2 N–H and O–H groups in total. The van der Waals surface area contributed by atoms with Gasteiger partial charge in [0.25, 0.3) is 5.91 Å². The molecule has 0 spiro atoms. The van der Waals surface area contributed by atoms with Gasteiger partial charge in [-0.25, -0.2) is 9.97 Å². The second-order valence-corrected chi connectivity index (χ2v) is 8.32. The average molecular weight is 514 g/mol. The number of rotatable bonds is 5. The van der Waals surface area contributed by atoms with Gasteiger partial charge in [0.15, 0.2) is 0 Å². The first-order valence-electron chi connectivity index (χ1n) is 10.6. The molecule has 0 fully saturated rings. The lowest BCUT2D eigenvalue weighted by Crippen LogP contribution is -2.30. The molecular weight excluding hydrogens is 495 g/mol. The summed E-state index contributed by atoms with van der Waals surface area (Å²) in [6.07, 6.45) is -3.34. The number of carbonyl (C=O) groups excluding carboxylic acids is 1. The maximum atomic E-state index is 13.5. The first-order chi connectivity index (χ1) is 17.0. The van der Waals surface area contributed by atoms with E-state index in [1.807, 2.05) is 6.92 Å². The molecule has 0 bridgehead atoms. The third-order valence-corrected chi connectivity index (χ3v) is 5.66. The van der Waals surface area contributed by atoms with E-state index >= 15 is 0 Å². The number of halogens is 4. The number of anilines is 1. The van der Waals surface area contributed by atoms with Gasteiger partial charge in [-0.3, -0.25) is 4.79 Å². The molecule has 1 aromatic heterocycles. The van der Waals surface area contributed by atoms with Crippen molar-refractivity contribution in [3.8, 4) is 22.8 Å². The number of aromatic hydroxyl groups is 2. The van der Waals surface area contributed by atoms with Gasteiger partial charge in [-0.05, 0) is 47.9 Å². The molecule has 6 nitrogen and oxygen atoms in total. The molecule has 0 saturated heterocycles. The molecule has 36 heavy (non-hydrogen) atoms. The van der Waals surface area contributed by atoms with Crippen LogP contribution in [-0.2, 0) is 12.7 Å². The van der Waals surface area contributed by atoms with Crippen LogP contribution in [0.3, 0.4) is 0 Å². The van der Waals surface area contributed by atoms with Crippen LogP contribution in [0.5, 0.6) is 11.5 Å². The molecule has 1 amide bonds. The van der Waals surface area contributed by atoms with Gasteiger partial charge in [-0.15, -0.1) is 0 Å². The minimum Gasteiger partial charge on any atom is -0.507 e. The van der Waals surface area contributed by atoms with Crippen molar-refractivity contribution in [2.24, 2.45) is 0 Å². The molecule has 4 aromatic rings. The van der Waals surface area contributed by atoms with Crippen LogP contribution >= 0.6 is 11.6 Å². The Bertz CT molecular complexity index is 1410. The number of carbonyl (C=O) groups is 1. The summed E-state index contributed by atoms with van der Waals surface area (Å²) in [5.74, 6) is -2.82. The van der Waals surface area contributed by atoms with E-state index in [4.69, 9.17) is 11.6 Å². The summed E-state index contributed by atoms with van der Waals surface area (Å²) in [5.41, 5.74) is 1.12. The van der Waals surface area contributed by atoms with E-state index in [0.29, 0.717) is 34.6 Å². The topological polar surface area (TPSA) is 86.6 Å². The smallest absolute Gasteiger partial charge is 0.419 e. The third-order valence-electron chi connectivity index (χ3n) is 5.47. The van der Waals surface area contributed by atoms with Crippen molar-refractivity contribution >= 4 is 23.2 Å². The van der Waals surface area contributed by atoms with Crippen molar-refractivity contribution in [2.45, 2.75) is 19.6 Å². The lowest BCUT2D eigenvalue weighted by Gasteiger charge is -2.24. The molecule has 0 aliphatic rings. The Balaban J connectivity index is 1.77. The number of aromatic nitrogens is 2. The lowest BCUT2D eigenvalue weighted by atomic mass is 10.0. The van der Waals surface area contributed by atoms with Gasteiger partial charge in [0, 0.05) is 23.5 Å². The minimum atomic E-state index is -4.92. The van der Waals surface area contributed by atoms with E-state index in [1.54, 1.807) is 60.8 Å². The van der Waals surface area contributed by atoms with E-state index in [2.05, 4.69) is 9.97 Å². The van der Waals surface area contributed by atoms with Crippen LogP contribution in [-0.4, -0.2) is 26.1 Å². The van der Waals surface area contributed by atoms with Crippen molar-refractivity contribution < 1.29 is 28.2 Å². The van der Waals surface area contributed by atoms with Gasteiger partial charge in [-0.2, -0.15) is 13.2 Å². The SMILES string of the molecule is Cc1cnc(Cl)nc1-c1ccc(N(Cc2ccccc2)C(=O)c2cc(C(F)(F)F)c(O)cc2O)cc1. The Morgan fingerprint density at radius 3 is 2.31 bits per heavy atom. The summed E-state index contributed by atoms with van der Waals surface area (Å²) >= 11 is 5.92. The van der Waals surface area contributed by atoms with Gasteiger partial charge >= 0.3 is 6.18 Å². The standard InChI is InChI=1S/C26H19ClF3N3O3/c1-15-13-31-25(27)32-23(15)17-7-9-18(10-8-17)33(14-16-5-3-2-4-6-16)24(36)19-11-20(26(28,29)30)22(35)12-21(19)34/h2-13,34-35H,14H2,1H3. The predicted octanol–water partition coefficient (Wildman–Crippen LogP) is 6.38. The zero-order valence-corrected chi connectivity index (χ0v) is 19.5. The molecule has 0 aliphatic heterocycles. The summed E-state index contributed by atoms with van der Waals surface area (Å²) in [6.45, 7) is 1.83. The summed E-state index contributed by atoms with van der Waals surface area (Å²) in [5, 5.41) is 20.0. The molecule has 10 heteroatoms. The van der Waals surface area contributed by atoms with E-state index in [-0.39, 0.29) is 11.8 Å². The van der Waals surface area contributed by atoms with Crippen LogP contribution < -0.4 is 4.90 Å². The van der Waals surface area contributed by atoms with Crippen LogP contribution in [0.2, 0.25) is 5.28 Å². The number of hydrogen-bond donors (Lipinski definition) is 2. The number of nitrogens with zero attached hydrogens (tertiary/aromatic N) is 3. The molecule has 4 rings (SSSR count). The van der Waals surface area contributed by atoms with Crippen LogP contribution in [0.4, 0.5) is 18.9 Å². The van der Waals surface area contributed by atoms with E-state index in [1.165, 1.54) is 4.90 Å². The zero-order chi connectivity index (χ0) is 26.0. The van der Waals surface area contributed by atoms with Crippen molar-refractivity contribution in [3.05, 3.63) is 100 Å². The van der Waals surface area contributed by atoms with Gasteiger partial charge in [0.1, 0.15) is 11.5 Å². The maximum absolute atomic E-state index is 13.5. The third kappa shape index (κ3) is 5.26. The molecular formula is C26H19ClF3N3O3. The second-order valence-electron chi connectivity index (χ2n) is 7.98. The molecule has 0 unspecified atom stereocenters. The first kappa shape index (κ1) is 25.0. The molecule has 0 saturated carbocycles. The van der Waals surface area contributed by atoms with E-state index in [9.17, 15) is 28.2 Å². The Morgan fingerprint density at radius 2 is 1.67 bits per heavy atom. The summed E-state index contributed by atoms with van der Waals surface area (Å²) in [7, 11) is 0. The zero-order valence-electron chi connectivity index (χ0n) is 18.8. The minimum absolute atomic E-state index is 0.0129. The predicted molar refractivity (Wildman–Crippen MR) is 129 cm³/mol. The molecule has 0 atom stereocenters. The summed E-state index contributed by atoms with van der Waals surface area (Å²) in [4.78, 5) is 22.9. The Morgan fingerprint density at radius 1 is 1.00 bits per heavy atom. The Hall–Kier alpha value is -4.11. The number of phenols is 2. The van der Waals surface area contributed by atoms with E-state index < -0.39 is 34.7 Å². The monoisotopic (exact) mass is 513 g/mol. The Kier molecular flexibility index (Phi) is 6.85. The molecule has 1 heterocycles. The van der Waals surface area contributed by atoms with Gasteiger partial charge in [0.05, 0.1) is 23.4 Å². The highest BCUT2D eigenvalue weighted by atomic mass is 35.5. The Labute approximate surface area is 209 Å². The number of amides is 1. The number of phenolic OH excluding ortho intramolecular Hbond substituents is 2. The van der Waals surface area contributed by atoms with Crippen LogP contribution in [0.25, 0.3) is 11.3 Å². The number of alkyl halides is 3. The van der Waals surface area contributed by atoms with Crippen molar-refractivity contribution in [1.82, 2.24) is 9.97 Å². The fraction of sp³-hybridized carbons (Fsp3) is 0.115. The number of aryl methyl sites for hydroxylation is 1. The van der Waals surface area contributed by atoms with Crippen molar-refractivity contribution in [3.63, 3.8) is 0 Å². The molecule has 0 aliphatic carbocycles. The van der Waals surface area contributed by atoms with Crippen LogP contribution in [0.15, 0.2) is 72.9 Å². The lowest BCUT2D eigenvalue weighted by molar-refractivity contribution is -0.138. The molecule has 0 radical (unpaired) electrons. The second kappa shape index (κ2) is 9.87. The largest absolute Gasteiger partial charge is 0.507 e. The fourth-order valence-electron chi connectivity index (χ4n) is 3.68. The van der Waals surface area contributed by atoms with Crippen LogP contribution in [0, 0.1) is 6.92 Å². The highest BCUT2D eigenvalue weighted by molar-refractivity contribution is 6.28. The molecule has 3 aromatic carbocycles. The van der Waals surface area contributed by atoms with E-state index in [0.717, 1.165) is 5.56 Å². The number of hydrogen-bond acceptors (Lipinski definition) is 5. The van der Waals surface area contributed by atoms with Gasteiger partial charge in [-0.1, -0.05) is 42.5 Å². The van der Waals surface area contributed by atoms with Crippen molar-refractivity contribution in [1.29, 1.82) is 0 Å².